The fourth-order valence-electron chi connectivity index (χ4n) is 2.87. The predicted molar refractivity (Wildman–Crippen MR) is 72.2 cm³/mol. The molecule has 1 atom stereocenters. The van der Waals surface area contributed by atoms with Gasteiger partial charge in [0.2, 0.25) is 0 Å². The smallest absolute Gasteiger partial charge is 0.129 e. The van der Waals surface area contributed by atoms with E-state index in [2.05, 4.69) is 0 Å². The van der Waals surface area contributed by atoms with Crippen molar-refractivity contribution in [1.29, 1.82) is 0 Å². The lowest BCUT2D eigenvalue weighted by Gasteiger charge is -2.24. The van der Waals surface area contributed by atoms with Crippen LogP contribution in [0.4, 0.5) is 0 Å². The van der Waals surface area contributed by atoms with Gasteiger partial charge in [0, 0.05) is 7.11 Å². The van der Waals surface area contributed by atoms with Crippen LogP contribution in [0.5, 0.6) is 0 Å². The van der Waals surface area contributed by atoms with Gasteiger partial charge in [0.25, 0.3) is 0 Å². The van der Waals surface area contributed by atoms with Crippen molar-refractivity contribution in [1.82, 2.24) is 0 Å². The van der Waals surface area contributed by atoms with E-state index in [9.17, 15) is 0 Å². The van der Waals surface area contributed by atoms with Crippen molar-refractivity contribution >= 4 is 0 Å². The summed E-state index contributed by atoms with van der Waals surface area (Å²) in [4.78, 5) is 0. The van der Waals surface area contributed by atoms with Crippen molar-refractivity contribution in [2.45, 2.75) is 57.6 Å². The number of hydrogen-bond acceptors (Lipinski definition) is 3. The van der Waals surface area contributed by atoms with Crippen molar-refractivity contribution in [2.75, 3.05) is 7.11 Å². The Morgan fingerprint density at radius 2 is 1.89 bits per heavy atom. The van der Waals surface area contributed by atoms with Gasteiger partial charge in [-0.3, -0.25) is 0 Å². The lowest BCUT2D eigenvalue weighted by Crippen LogP contribution is -2.21. The topological polar surface area (TPSA) is 48.4 Å². The van der Waals surface area contributed by atoms with Crippen LogP contribution in [-0.2, 0) is 11.3 Å². The molecule has 1 aromatic rings. The van der Waals surface area contributed by atoms with Gasteiger partial charge in [-0.1, -0.05) is 32.1 Å². The molecule has 3 nitrogen and oxygen atoms in total. The quantitative estimate of drug-likeness (QED) is 0.885. The van der Waals surface area contributed by atoms with E-state index in [0.29, 0.717) is 12.5 Å². The van der Waals surface area contributed by atoms with E-state index in [1.54, 1.807) is 7.11 Å². The molecule has 1 unspecified atom stereocenters. The van der Waals surface area contributed by atoms with Gasteiger partial charge in [-0.15, -0.1) is 0 Å². The lowest BCUT2D eigenvalue weighted by atomic mass is 9.85. The monoisotopic (exact) mass is 251 g/mol. The van der Waals surface area contributed by atoms with Gasteiger partial charge in [0.05, 0.1) is 6.04 Å². The van der Waals surface area contributed by atoms with Gasteiger partial charge in [0.1, 0.15) is 18.1 Å². The minimum absolute atomic E-state index is 0.0497. The molecule has 0 aromatic carbocycles. The molecule has 2 rings (SSSR count). The minimum Gasteiger partial charge on any atom is -0.462 e. The zero-order valence-corrected chi connectivity index (χ0v) is 11.4. The van der Waals surface area contributed by atoms with E-state index >= 15 is 0 Å². The molecule has 102 valence electrons. The highest BCUT2D eigenvalue weighted by molar-refractivity contribution is 5.11. The maximum absolute atomic E-state index is 6.37. The Hall–Kier alpha value is -0.800. The second kappa shape index (κ2) is 6.95. The third-order valence-corrected chi connectivity index (χ3v) is 3.96. The number of hydrogen-bond donors (Lipinski definition) is 1. The van der Waals surface area contributed by atoms with Gasteiger partial charge < -0.3 is 14.9 Å². The first-order valence-corrected chi connectivity index (χ1v) is 7.14. The third-order valence-electron chi connectivity index (χ3n) is 3.96. The van der Waals surface area contributed by atoms with Crippen LogP contribution in [0, 0.1) is 5.92 Å². The molecule has 0 aliphatic heterocycles. The molecule has 3 heteroatoms. The fourth-order valence-corrected chi connectivity index (χ4v) is 2.87. The molecule has 0 bridgehead atoms. The van der Waals surface area contributed by atoms with Crippen LogP contribution in [0.15, 0.2) is 16.5 Å². The van der Waals surface area contributed by atoms with Crippen LogP contribution in [0.1, 0.15) is 62.5 Å². The summed E-state index contributed by atoms with van der Waals surface area (Å²) < 4.78 is 10.8. The fraction of sp³-hybridized carbons (Fsp3) is 0.733. The van der Waals surface area contributed by atoms with Crippen LogP contribution in [-0.4, -0.2) is 7.11 Å². The maximum Gasteiger partial charge on any atom is 0.129 e. The van der Waals surface area contributed by atoms with Crippen molar-refractivity contribution in [2.24, 2.45) is 11.7 Å². The van der Waals surface area contributed by atoms with Crippen LogP contribution in [0.3, 0.4) is 0 Å². The van der Waals surface area contributed by atoms with E-state index in [4.69, 9.17) is 14.9 Å². The Kier molecular flexibility index (Phi) is 5.26. The number of nitrogens with two attached hydrogens (primary N) is 1. The Labute approximate surface area is 110 Å². The normalized spacial score (nSPS) is 20.3. The van der Waals surface area contributed by atoms with Crippen molar-refractivity contribution in [3.05, 3.63) is 23.7 Å². The molecule has 0 saturated heterocycles. The summed E-state index contributed by atoms with van der Waals surface area (Å²) in [6.45, 7) is 0.525. The van der Waals surface area contributed by atoms with Gasteiger partial charge >= 0.3 is 0 Å². The summed E-state index contributed by atoms with van der Waals surface area (Å²) in [5.74, 6) is 2.37. The Morgan fingerprint density at radius 3 is 2.56 bits per heavy atom. The highest BCUT2D eigenvalue weighted by Gasteiger charge is 2.22. The summed E-state index contributed by atoms with van der Waals surface area (Å²) in [5, 5.41) is 0. The van der Waals surface area contributed by atoms with Gasteiger partial charge in [-0.2, -0.15) is 0 Å². The average molecular weight is 251 g/mol. The van der Waals surface area contributed by atoms with E-state index in [1.165, 1.54) is 44.9 Å². The van der Waals surface area contributed by atoms with Crippen LogP contribution in [0.25, 0.3) is 0 Å². The average Bonchev–Trinajstić information content (AvgIpc) is 2.77. The standard InChI is InChI=1S/C15H25NO2/c1-17-11-13-9-10-14(18-13)15(16)12-7-5-3-2-4-6-8-12/h9-10,12,15H,2-8,11,16H2,1H3. The molecular weight excluding hydrogens is 226 g/mol. The zero-order valence-electron chi connectivity index (χ0n) is 11.4. The molecule has 1 heterocycles. The molecular formula is C15H25NO2. The molecule has 1 saturated carbocycles. The molecule has 0 radical (unpaired) electrons. The highest BCUT2D eigenvalue weighted by Crippen LogP contribution is 2.32. The van der Waals surface area contributed by atoms with E-state index in [-0.39, 0.29) is 6.04 Å². The summed E-state index contributed by atoms with van der Waals surface area (Å²) in [5.41, 5.74) is 6.37. The van der Waals surface area contributed by atoms with Crippen molar-refractivity contribution in [3.8, 4) is 0 Å². The van der Waals surface area contributed by atoms with Gasteiger partial charge in [0.15, 0.2) is 0 Å². The number of methoxy groups -OCH3 is 1. The van der Waals surface area contributed by atoms with E-state index in [0.717, 1.165) is 11.5 Å². The minimum atomic E-state index is 0.0497. The first-order valence-electron chi connectivity index (χ1n) is 7.14. The largest absolute Gasteiger partial charge is 0.462 e. The SMILES string of the molecule is COCc1ccc(C(N)C2CCCCCCC2)o1. The van der Waals surface area contributed by atoms with Gasteiger partial charge in [-0.05, 0) is 30.9 Å². The maximum atomic E-state index is 6.37. The van der Waals surface area contributed by atoms with Crippen LogP contribution < -0.4 is 5.73 Å². The highest BCUT2D eigenvalue weighted by atomic mass is 16.5. The molecule has 0 spiro atoms. The van der Waals surface area contributed by atoms with E-state index in [1.807, 2.05) is 12.1 Å². The zero-order chi connectivity index (χ0) is 12.8. The van der Waals surface area contributed by atoms with Crippen molar-refractivity contribution in [3.63, 3.8) is 0 Å². The second-order valence-electron chi connectivity index (χ2n) is 5.37. The molecule has 1 aliphatic rings. The Balaban J connectivity index is 1.96. The molecule has 1 aromatic heterocycles. The Morgan fingerprint density at radius 1 is 1.22 bits per heavy atom. The molecule has 1 fully saturated rings. The lowest BCUT2D eigenvalue weighted by molar-refractivity contribution is 0.160. The van der Waals surface area contributed by atoms with Crippen LogP contribution in [0.2, 0.25) is 0 Å². The first-order chi connectivity index (χ1) is 8.81. The number of rotatable bonds is 4. The number of ether oxygens (including phenoxy) is 1. The summed E-state index contributed by atoms with van der Waals surface area (Å²) in [6.07, 6.45) is 9.20. The molecule has 0 amide bonds. The van der Waals surface area contributed by atoms with E-state index < -0.39 is 0 Å². The van der Waals surface area contributed by atoms with Crippen LogP contribution >= 0.6 is 0 Å². The number of furan rings is 1. The Bertz CT molecular complexity index is 340. The van der Waals surface area contributed by atoms with Crippen molar-refractivity contribution < 1.29 is 9.15 Å². The first kappa shape index (κ1) is 13.6. The summed E-state index contributed by atoms with van der Waals surface area (Å²) >= 11 is 0. The third kappa shape index (κ3) is 3.59. The molecule has 18 heavy (non-hydrogen) atoms. The molecule has 2 N–H and O–H groups in total. The summed E-state index contributed by atoms with van der Waals surface area (Å²) in [7, 11) is 1.68. The molecule has 1 aliphatic carbocycles. The predicted octanol–water partition coefficient (Wildman–Crippen LogP) is 3.79. The van der Waals surface area contributed by atoms with Gasteiger partial charge in [-0.25, -0.2) is 0 Å². The summed E-state index contributed by atoms with van der Waals surface area (Å²) in [6, 6.07) is 4.04. The second-order valence-corrected chi connectivity index (χ2v) is 5.37.